The van der Waals surface area contributed by atoms with E-state index in [0.717, 1.165) is 30.0 Å². The van der Waals surface area contributed by atoms with E-state index in [9.17, 15) is 62.5 Å². The summed E-state index contributed by atoms with van der Waals surface area (Å²) in [6.07, 6.45) is -1.17. The maximum atomic E-state index is 12.2. The number of amides is 4. The zero-order chi connectivity index (χ0) is 76.7. The van der Waals surface area contributed by atoms with Gasteiger partial charge in [0.15, 0.2) is 29.9 Å². The molecule has 0 aliphatic heterocycles. The molecular weight excluding hydrogens is 1340 g/mol. The number of anilines is 4. The molecule has 101 heavy (non-hydrogen) atoms. The number of nitrogens with one attached hydrogen (secondary N) is 4. The lowest BCUT2D eigenvalue weighted by Gasteiger charge is -2.22. The van der Waals surface area contributed by atoms with E-state index in [4.69, 9.17) is 76.9 Å². The normalized spacial score (nSPS) is 13.0. The third kappa shape index (κ3) is 31.7. The number of hydrogen-bond donors (Lipinski definition) is 12. The number of alkyl carbamates (subject to hydrolysis) is 4. The number of benzene rings is 4. The lowest BCUT2D eigenvalue weighted by atomic mass is 10.1. The molecule has 1 fully saturated rings. The van der Waals surface area contributed by atoms with Crippen molar-refractivity contribution in [3.63, 3.8) is 0 Å². The summed E-state index contributed by atoms with van der Waals surface area (Å²) in [5.41, 5.74) is 24.9. The van der Waals surface area contributed by atoms with Crippen molar-refractivity contribution in [2.45, 2.75) is 176 Å². The molecule has 4 amide bonds. The molecule has 4 aromatic carbocycles. The van der Waals surface area contributed by atoms with Crippen LogP contribution in [-0.4, -0.2) is 158 Å². The summed E-state index contributed by atoms with van der Waals surface area (Å²) in [7, 11) is 0. The second kappa shape index (κ2) is 36.9. The summed E-state index contributed by atoms with van der Waals surface area (Å²) >= 11 is 0. The molecule has 16 N–H and O–H groups in total. The van der Waals surface area contributed by atoms with Crippen molar-refractivity contribution in [3.05, 3.63) is 94.7 Å². The van der Waals surface area contributed by atoms with Crippen molar-refractivity contribution in [2.75, 3.05) is 49.4 Å². The third-order valence-corrected chi connectivity index (χ3v) is 12.4. The molecule has 4 atom stereocenters. The molecule has 35 heteroatoms. The Hall–Kier alpha value is -11.5. The summed E-state index contributed by atoms with van der Waals surface area (Å²) in [4.78, 5) is 95.4. The fraction of sp³-hybridized carbons (Fsp3) is 0.470. The Kier molecular flexibility index (Phi) is 30.6. The highest BCUT2D eigenvalue weighted by Crippen LogP contribution is 2.42. The maximum absolute atomic E-state index is 12.2. The molecule has 5 aromatic rings. The van der Waals surface area contributed by atoms with Crippen LogP contribution in [0.25, 0.3) is 16.3 Å². The van der Waals surface area contributed by atoms with Crippen LogP contribution in [0.2, 0.25) is 0 Å². The fourth-order valence-corrected chi connectivity index (χ4v) is 7.74. The van der Waals surface area contributed by atoms with Crippen molar-refractivity contribution >= 4 is 76.7 Å². The summed E-state index contributed by atoms with van der Waals surface area (Å²) in [6.45, 7) is 27.7. The van der Waals surface area contributed by atoms with Gasteiger partial charge in [-0.1, -0.05) is 6.07 Å². The van der Waals surface area contributed by atoms with Crippen LogP contribution in [0.5, 0.6) is 28.7 Å². The molecule has 1 saturated carbocycles. The van der Waals surface area contributed by atoms with Gasteiger partial charge in [-0.3, -0.25) is 0 Å². The second-order valence-electron chi connectivity index (χ2n) is 26.2. The van der Waals surface area contributed by atoms with Gasteiger partial charge in [-0.25, -0.2) is 43.2 Å². The highest BCUT2D eigenvalue weighted by molar-refractivity contribution is 5.83. The number of halogens is 2. The fourth-order valence-electron chi connectivity index (χ4n) is 7.74. The third-order valence-electron chi connectivity index (χ3n) is 12.4. The van der Waals surface area contributed by atoms with Gasteiger partial charge in [0, 0.05) is 18.6 Å². The molecule has 1 aliphatic carbocycles. The lowest BCUT2D eigenvalue weighted by molar-refractivity contribution is -0.141. The average Bonchev–Trinajstić information content (AvgIpc) is 1.68. The first-order valence-electron chi connectivity index (χ1n) is 30.7. The number of carbonyl (C=O) groups excluding carboxylic acids is 4. The highest BCUT2D eigenvalue weighted by Gasteiger charge is 2.31. The molecule has 0 unspecified atom stereocenters. The summed E-state index contributed by atoms with van der Waals surface area (Å²) in [5, 5.41) is 53.5. The van der Waals surface area contributed by atoms with Gasteiger partial charge >= 0.3 is 54.9 Å². The minimum Gasteiger partial charge on any atom is -0.489 e. The summed E-state index contributed by atoms with van der Waals surface area (Å²) in [6, 6.07) is 10.1. The van der Waals surface area contributed by atoms with E-state index in [2.05, 4.69) is 41.0 Å². The predicted octanol–water partition coefficient (Wildman–Crippen LogP) is 9.51. The van der Waals surface area contributed by atoms with E-state index in [-0.39, 0.29) is 59.9 Å². The van der Waals surface area contributed by atoms with Crippen molar-refractivity contribution in [2.24, 2.45) is 0 Å². The predicted molar refractivity (Wildman–Crippen MR) is 361 cm³/mol. The van der Waals surface area contributed by atoms with Crippen LogP contribution in [0.3, 0.4) is 0 Å². The molecule has 6 rings (SSSR count). The molecule has 1 heterocycles. The molecule has 0 saturated heterocycles. The van der Waals surface area contributed by atoms with Gasteiger partial charge in [-0.2, -0.15) is 8.78 Å². The van der Waals surface area contributed by atoms with Crippen LogP contribution >= 0.6 is 0 Å². The van der Waals surface area contributed by atoms with Gasteiger partial charge in [0.25, 0.3) is 0 Å². The van der Waals surface area contributed by atoms with Crippen molar-refractivity contribution in [1.82, 2.24) is 31.5 Å². The minimum atomic E-state index is -3.03. The standard InChI is InChI=1S/C18H24N4O6.C17H24N2O5.C16H21N3O5.C15H20F2N2O6/c1-9-6-14(12(19)7-11(9)15-22-21-10(2)27-15)26-8-13(16(23)24)20-17(25)28-18(3,4)5;1-17(2,3)24-16(22)19-13(15(20)21)9-23-14-8-11(10-4-5-10)6-7-12(14)18;1-9-6-13(10(17)7-11(9)18-5)23-8-12(14(20)21)19-15(22)24-16(2,3)4;1-15(2,3)25-14(22)19-10(12(20)21)7-23-11-6-8(24-13(16)17)4-5-9(11)18/h6-7,13H,8,19H2,1-5H3,(H,20,25)(H,23,24);6-8,10,13H,4-5,9,18H2,1-3H3,(H,19,22)(H,20,21);6-7,12H,8,17H2,1-4H3,(H,19,22)(H,20,21);4-6,10,13H,7,18H2,1-3H3,(H,19,22)(H,20,21)/t2*13-;12-;10-/m0000/s1. The van der Waals surface area contributed by atoms with E-state index in [0.29, 0.717) is 46.0 Å². The smallest absolute Gasteiger partial charge is 0.408 e. The largest absolute Gasteiger partial charge is 0.489 e. The molecule has 0 spiro atoms. The number of aromatic nitrogens is 2. The number of nitrogens with two attached hydrogens (primary N) is 4. The number of aliphatic carboxylic acids is 4. The number of nitrogen functional groups attached to an aromatic ring is 4. The van der Waals surface area contributed by atoms with Crippen molar-refractivity contribution in [1.29, 1.82) is 0 Å². The zero-order valence-corrected chi connectivity index (χ0v) is 58.5. The van der Waals surface area contributed by atoms with E-state index < -0.39 is 108 Å². The van der Waals surface area contributed by atoms with E-state index >= 15 is 0 Å². The van der Waals surface area contributed by atoms with Crippen LogP contribution in [0.4, 0.5) is 56.4 Å². The number of carboxylic acids is 4. The number of ether oxygens (including phenoxy) is 9. The van der Waals surface area contributed by atoms with Crippen molar-refractivity contribution < 1.29 is 115 Å². The number of hydrogen-bond acceptors (Lipinski definition) is 24. The first-order valence-corrected chi connectivity index (χ1v) is 30.7. The Bertz CT molecular complexity index is 3740. The van der Waals surface area contributed by atoms with Gasteiger partial charge in [-0.15, -0.1) is 10.2 Å². The van der Waals surface area contributed by atoms with Crippen LogP contribution < -0.4 is 67.9 Å². The number of aryl methyl sites for hydroxylation is 3. The SMILES string of the molecule is CC(C)(C)OC(=O)N[C@@H](COc1cc(C2CC2)ccc1N)C(=O)O.CC(C)(C)OC(=O)N[C@@H](COc1cc(OC(F)F)ccc1N)C(=O)O.Cc1nnc(-c2cc(N)c(OC[C@H](NC(=O)OC(C)(C)C)C(=O)O)cc2C)o1.[C-]#[N+]c1cc(N)c(OC[C@H](NC(=O)OC(C)(C)C)C(=O)O)cc1C. The van der Waals surface area contributed by atoms with Gasteiger partial charge in [0.05, 0.1) is 29.3 Å². The van der Waals surface area contributed by atoms with Crippen LogP contribution in [0.1, 0.15) is 124 Å². The number of nitrogens with zero attached hydrogens (tertiary/aromatic N) is 3. The van der Waals surface area contributed by atoms with E-state index in [1.165, 1.54) is 18.2 Å². The average molecular weight is 1430 g/mol. The minimum absolute atomic E-state index is 0.0598. The van der Waals surface area contributed by atoms with Gasteiger partial charge < -0.3 is 112 Å². The molecular formula is C66H89F2N11O22. The Labute approximate surface area is 580 Å². The van der Waals surface area contributed by atoms with E-state index in [1.54, 1.807) is 128 Å². The monoisotopic (exact) mass is 1430 g/mol. The highest BCUT2D eigenvalue weighted by atomic mass is 19.3. The lowest BCUT2D eigenvalue weighted by Crippen LogP contribution is -2.46. The molecule has 1 aliphatic rings. The van der Waals surface area contributed by atoms with Gasteiger partial charge in [0.2, 0.25) is 11.8 Å². The van der Waals surface area contributed by atoms with Gasteiger partial charge in [0.1, 0.15) is 77.6 Å². The maximum Gasteiger partial charge on any atom is 0.408 e. The van der Waals surface area contributed by atoms with E-state index in [1.807, 2.05) is 12.1 Å². The summed E-state index contributed by atoms with van der Waals surface area (Å²) in [5.74, 6) is -3.16. The Balaban J connectivity index is 0.000000351. The quantitative estimate of drug-likeness (QED) is 0.0155. The second-order valence-corrected chi connectivity index (χ2v) is 26.2. The molecule has 0 bridgehead atoms. The van der Waals surface area contributed by atoms with Crippen molar-refractivity contribution in [3.8, 4) is 40.2 Å². The topological polar surface area (TPSA) is 496 Å². The molecule has 1 aromatic heterocycles. The number of rotatable bonds is 24. The first-order chi connectivity index (χ1) is 46.6. The Morgan fingerprint density at radius 2 is 0.861 bits per heavy atom. The number of carboxylic acid groups (broad SMARTS) is 4. The molecule has 554 valence electrons. The Morgan fingerprint density at radius 3 is 1.19 bits per heavy atom. The molecule has 0 radical (unpaired) electrons. The number of alkyl halides is 2. The zero-order valence-electron chi connectivity index (χ0n) is 58.5. The molecule has 33 nitrogen and oxygen atoms in total. The van der Waals surface area contributed by atoms with Crippen LogP contribution in [0, 0.1) is 27.3 Å². The van der Waals surface area contributed by atoms with Crippen LogP contribution in [-0.2, 0) is 38.1 Å². The van der Waals surface area contributed by atoms with Gasteiger partial charge in [-0.05, 0) is 181 Å². The van der Waals surface area contributed by atoms with Crippen LogP contribution in [0.15, 0.2) is 65.1 Å². The summed E-state index contributed by atoms with van der Waals surface area (Å²) < 4.78 is 75.8. The first kappa shape index (κ1) is 83.8. The Morgan fingerprint density at radius 1 is 0.515 bits per heavy atom. The number of carbonyl (C=O) groups is 8.